The molecule has 0 spiro atoms. The molecule has 0 bridgehead atoms. The van der Waals surface area contributed by atoms with Crippen molar-refractivity contribution in [1.29, 1.82) is 0 Å². The van der Waals surface area contributed by atoms with E-state index in [1.165, 1.54) is 6.07 Å². The van der Waals surface area contributed by atoms with Crippen molar-refractivity contribution in [2.24, 2.45) is 11.8 Å². The minimum atomic E-state index is -0.200. The van der Waals surface area contributed by atoms with Crippen LogP contribution in [0.15, 0.2) is 18.2 Å². The van der Waals surface area contributed by atoms with Gasteiger partial charge in [0.25, 0.3) is 0 Å². The van der Waals surface area contributed by atoms with Gasteiger partial charge in [0.2, 0.25) is 0 Å². The van der Waals surface area contributed by atoms with Crippen LogP contribution in [-0.4, -0.2) is 0 Å². The average molecular weight is 210 g/mol. The van der Waals surface area contributed by atoms with Crippen LogP contribution in [0.1, 0.15) is 37.4 Å². The number of aryl methyl sites for hydroxylation is 1. The highest BCUT2D eigenvalue weighted by atomic mass is 19.1. The van der Waals surface area contributed by atoms with Crippen molar-refractivity contribution in [2.45, 2.75) is 33.2 Å². The number of nitrogens with two attached hydrogens (primary N) is 1. The zero-order valence-corrected chi connectivity index (χ0v) is 9.55. The first-order valence-electron chi connectivity index (χ1n) is 5.26. The molecular weight excluding hydrogens is 191 g/mol. The van der Waals surface area contributed by atoms with Crippen LogP contribution in [0.2, 0.25) is 0 Å². The van der Waals surface area contributed by atoms with E-state index >= 15 is 0 Å². The summed E-state index contributed by atoms with van der Waals surface area (Å²) in [5.74, 6) is 5.80. The molecule has 2 nitrogen and oxygen atoms in total. The second-order valence-corrected chi connectivity index (χ2v) is 4.41. The molecule has 0 saturated carbocycles. The number of halogens is 1. The Kier molecular flexibility index (Phi) is 4.24. The first-order chi connectivity index (χ1) is 7.02. The summed E-state index contributed by atoms with van der Waals surface area (Å²) in [5, 5.41) is 0. The Balaban J connectivity index is 2.91. The highest BCUT2D eigenvalue weighted by Crippen LogP contribution is 2.22. The molecule has 1 unspecified atom stereocenters. The van der Waals surface area contributed by atoms with Gasteiger partial charge in [-0.15, -0.1) is 0 Å². The monoisotopic (exact) mass is 210 g/mol. The normalized spacial score (nSPS) is 13.2. The summed E-state index contributed by atoms with van der Waals surface area (Å²) in [6.45, 7) is 6.13. The smallest absolute Gasteiger partial charge is 0.123 e. The molecule has 84 valence electrons. The summed E-state index contributed by atoms with van der Waals surface area (Å²) in [5.41, 5.74) is 4.58. The maximum atomic E-state index is 13.2. The lowest BCUT2D eigenvalue weighted by Crippen LogP contribution is -2.29. The van der Waals surface area contributed by atoms with E-state index in [1.54, 1.807) is 6.07 Å². The zero-order valence-electron chi connectivity index (χ0n) is 9.55. The van der Waals surface area contributed by atoms with E-state index in [4.69, 9.17) is 5.84 Å². The van der Waals surface area contributed by atoms with Gasteiger partial charge < -0.3 is 0 Å². The number of hydrogen-bond acceptors (Lipinski definition) is 2. The van der Waals surface area contributed by atoms with E-state index in [0.29, 0.717) is 5.92 Å². The summed E-state index contributed by atoms with van der Waals surface area (Å²) < 4.78 is 13.2. The van der Waals surface area contributed by atoms with Gasteiger partial charge in [-0.05, 0) is 42.5 Å². The fraction of sp³-hybridized carbons (Fsp3) is 0.500. The lowest BCUT2D eigenvalue weighted by Gasteiger charge is -2.19. The van der Waals surface area contributed by atoms with Crippen molar-refractivity contribution >= 4 is 0 Å². The van der Waals surface area contributed by atoms with E-state index in [-0.39, 0.29) is 11.9 Å². The Hall–Kier alpha value is -0.930. The number of benzene rings is 1. The standard InChI is InChI=1S/C12H19FN2/c1-8(2)4-12(15-14)10-5-9(3)6-11(13)7-10/h5-8,12,15H,4,14H2,1-3H3. The molecule has 1 atom stereocenters. The van der Waals surface area contributed by atoms with E-state index in [1.807, 2.05) is 13.0 Å². The van der Waals surface area contributed by atoms with Crippen LogP contribution in [0.5, 0.6) is 0 Å². The van der Waals surface area contributed by atoms with E-state index in [0.717, 1.165) is 17.5 Å². The maximum absolute atomic E-state index is 13.2. The topological polar surface area (TPSA) is 38.0 Å². The van der Waals surface area contributed by atoms with Crippen molar-refractivity contribution in [3.05, 3.63) is 35.1 Å². The largest absolute Gasteiger partial charge is 0.271 e. The predicted molar refractivity (Wildman–Crippen MR) is 60.7 cm³/mol. The maximum Gasteiger partial charge on any atom is 0.123 e. The second kappa shape index (κ2) is 5.24. The van der Waals surface area contributed by atoms with Gasteiger partial charge >= 0.3 is 0 Å². The number of rotatable bonds is 4. The van der Waals surface area contributed by atoms with Crippen molar-refractivity contribution in [3.8, 4) is 0 Å². The van der Waals surface area contributed by atoms with Crippen molar-refractivity contribution < 1.29 is 4.39 Å². The van der Waals surface area contributed by atoms with Crippen LogP contribution >= 0.6 is 0 Å². The van der Waals surface area contributed by atoms with E-state index in [9.17, 15) is 4.39 Å². The van der Waals surface area contributed by atoms with Crippen molar-refractivity contribution in [3.63, 3.8) is 0 Å². The molecular formula is C12H19FN2. The molecule has 0 amide bonds. The van der Waals surface area contributed by atoms with Crippen LogP contribution in [0.25, 0.3) is 0 Å². The second-order valence-electron chi connectivity index (χ2n) is 4.41. The molecule has 1 aromatic carbocycles. The van der Waals surface area contributed by atoms with Crippen LogP contribution in [0.3, 0.4) is 0 Å². The Bertz CT molecular complexity index is 303. The lowest BCUT2D eigenvalue weighted by atomic mass is 9.96. The van der Waals surface area contributed by atoms with Gasteiger partial charge in [0.15, 0.2) is 0 Å². The third-order valence-electron chi connectivity index (χ3n) is 2.38. The summed E-state index contributed by atoms with van der Waals surface area (Å²) in [6, 6.07) is 5.06. The lowest BCUT2D eigenvalue weighted by molar-refractivity contribution is 0.436. The summed E-state index contributed by atoms with van der Waals surface area (Å²) in [4.78, 5) is 0. The number of hydrazine groups is 1. The molecule has 3 heteroatoms. The minimum absolute atomic E-state index is 0.0272. The SMILES string of the molecule is Cc1cc(F)cc(C(CC(C)C)NN)c1. The van der Waals surface area contributed by atoms with Gasteiger partial charge in [-0.2, -0.15) is 0 Å². The zero-order chi connectivity index (χ0) is 11.4. The average Bonchev–Trinajstić information content (AvgIpc) is 2.12. The third-order valence-corrected chi connectivity index (χ3v) is 2.38. The first-order valence-corrected chi connectivity index (χ1v) is 5.26. The van der Waals surface area contributed by atoms with Gasteiger partial charge in [0.05, 0.1) is 0 Å². The molecule has 0 radical (unpaired) electrons. The van der Waals surface area contributed by atoms with E-state index < -0.39 is 0 Å². The van der Waals surface area contributed by atoms with Gasteiger partial charge in [-0.3, -0.25) is 11.3 Å². The van der Waals surface area contributed by atoms with Crippen molar-refractivity contribution in [1.82, 2.24) is 5.43 Å². The fourth-order valence-corrected chi connectivity index (χ4v) is 1.74. The summed E-state index contributed by atoms with van der Waals surface area (Å²) in [6.07, 6.45) is 0.902. The Labute approximate surface area is 90.6 Å². The van der Waals surface area contributed by atoms with Gasteiger partial charge in [-0.1, -0.05) is 19.9 Å². The molecule has 3 N–H and O–H groups in total. The molecule has 0 saturated heterocycles. The van der Waals surface area contributed by atoms with Gasteiger partial charge in [0.1, 0.15) is 5.82 Å². The molecule has 1 rings (SSSR count). The van der Waals surface area contributed by atoms with Gasteiger partial charge in [-0.25, -0.2) is 4.39 Å². The van der Waals surface area contributed by atoms with E-state index in [2.05, 4.69) is 19.3 Å². The quantitative estimate of drug-likeness (QED) is 0.592. The predicted octanol–water partition coefficient (Wildman–Crippen LogP) is 2.68. The summed E-state index contributed by atoms with van der Waals surface area (Å²) >= 11 is 0. The molecule has 15 heavy (non-hydrogen) atoms. The highest BCUT2D eigenvalue weighted by Gasteiger charge is 2.12. The first kappa shape index (κ1) is 12.1. The Morgan fingerprint density at radius 2 is 2.00 bits per heavy atom. The van der Waals surface area contributed by atoms with Crippen LogP contribution < -0.4 is 11.3 Å². The Morgan fingerprint density at radius 3 is 2.47 bits per heavy atom. The number of hydrogen-bond donors (Lipinski definition) is 2. The number of nitrogens with one attached hydrogen (secondary N) is 1. The van der Waals surface area contributed by atoms with Crippen LogP contribution in [0.4, 0.5) is 4.39 Å². The minimum Gasteiger partial charge on any atom is -0.271 e. The fourth-order valence-electron chi connectivity index (χ4n) is 1.74. The van der Waals surface area contributed by atoms with Crippen LogP contribution in [0, 0.1) is 18.7 Å². The molecule has 0 aliphatic rings. The highest BCUT2D eigenvalue weighted by molar-refractivity contribution is 5.26. The van der Waals surface area contributed by atoms with Crippen molar-refractivity contribution in [2.75, 3.05) is 0 Å². The molecule has 0 heterocycles. The molecule has 1 aromatic rings. The third kappa shape index (κ3) is 3.61. The molecule has 0 fully saturated rings. The molecule has 0 aliphatic carbocycles. The molecule has 0 aromatic heterocycles. The molecule has 0 aliphatic heterocycles. The van der Waals surface area contributed by atoms with Gasteiger partial charge in [0, 0.05) is 6.04 Å². The summed E-state index contributed by atoms with van der Waals surface area (Å²) in [7, 11) is 0. The van der Waals surface area contributed by atoms with Crippen LogP contribution in [-0.2, 0) is 0 Å². The Morgan fingerprint density at radius 1 is 1.33 bits per heavy atom.